The standard InChI is InChI=1S/C10H17IN2O/c1-6-13-9(11)7(14-5)8(12-13)10(2,3)4/h6H2,1-5H3. The molecule has 1 aromatic heterocycles. The Kier molecular flexibility index (Phi) is 3.44. The van der Waals surface area contributed by atoms with E-state index < -0.39 is 0 Å². The number of hydrogen-bond donors (Lipinski definition) is 0. The van der Waals surface area contributed by atoms with Crippen molar-refractivity contribution >= 4 is 22.6 Å². The summed E-state index contributed by atoms with van der Waals surface area (Å²) in [5, 5.41) is 4.55. The molecule has 1 rings (SSSR count). The lowest BCUT2D eigenvalue weighted by molar-refractivity contribution is 0.394. The quantitative estimate of drug-likeness (QED) is 0.786. The van der Waals surface area contributed by atoms with Gasteiger partial charge in [0, 0.05) is 12.0 Å². The number of hydrogen-bond acceptors (Lipinski definition) is 2. The molecule has 4 heteroatoms. The van der Waals surface area contributed by atoms with Crippen LogP contribution in [0.2, 0.25) is 0 Å². The molecule has 0 spiro atoms. The van der Waals surface area contributed by atoms with Crippen LogP contribution in [0, 0.1) is 3.70 Å². The molecule has 0 radical (unpaired) electrons. The Hall–Kier alpha value is -0.260. The van der Waals surface area contributed by atoms with Crippen molar-refractivity contribution in [1.29, 1.82) is 0 Å². The van der Waals surface area contributed by atoms with E-state index in [2.05, 4.69) is 55.4 Å². The Morgan fingerprint density at radius 1 is 1.43 bits per heavy atom. The molecule has 0 aliphatic heterocycles. The number of aromatic nitrogens is 2. The fraction of sp³-hybridized carbons (Fsp3) is 0.700. The van der Waals surface area contributed by atoms with E-state index in [1.54, 1.807) is 7.11 Å². The molecular formula is C10H17IN2O. The number of aryl methyl sites for hydroxylation is 1. The lowest BCUT2D eigenvalue weighted by Crippen LogP contribution is -2.13. The van der Waals surface area contributed by atoms with Crippen LogP contribution in [-0.2, 0) is 12.0 Å². The summed E-state index contributed by atoms with van der Waals surface area (Å²) >= 11 is 2.28. The number of ether oxygens (including phenoxy) is 1. The van der Waals surface area contributed by atoms with Crippen LogP contribution in [0.5, 0.6) is 5.75 Å². The highest BCUT2D eigenvalue weighted by Crippen LogP contribution is 2.33. The van der Waals surface area contributed by atoms with E-state index in [0.29, 0.717) is 0 Å². The minimum Gasteiger partial charge on any atom is -0.492 e. The van der Waals surface area contributed by atoms with E-state index in [1.807, 2.05) is 4.68 Å². The highest BCUT2D eigenvalue weighted by Gasteiger charge is 2.26. The fourth-order valence-electron chi connectivity index (χ4n) is 1.31. The van der Waals surface area contributed by atoms with Gasteiger partial charge in [-0.1, -0.05) is 20.8 Å². The lowest BCUT2D eigenvalue weighted by atomic mass is 9.92. The molecule has 80 valence electrons. The van der Waals surface area contributed by atoms with Crippen LogP contribution < -0.4 is 4.74 Å². The number of rotatable bonds is 2. The summed E-state index contributed by atoms with van der Waals surface area (Å²) in [6.45, 7) is 9.40. The fourth-order valence-corrected chi connectivity index (χ4v) is 2.23. The van der Waals surface area contributed by atoms with Gasteiger partial charge in [-0.2, -0.15) is 5.10 Å². The van der Waals surface area contributed by atoms with E-state index in [4.69, 9.17) is 4.74 Å². The monoisotopic (exact) mass is 308 g/mol. The maximum absolute atomic E-state index is 5.39. The minimum atomic E-state index is 0.0334. The van der Waals surface area contributed by atoms with Crippen LogP contribution in [0.4, 0.5) is 0 Å². The number of methoxy groups -OCH3 is 1. The first kappa shape index (κ1) is 11.8. The van der Waals surface area contributed by atoms with Crippen molar-refractivity contribution in [2.75, 3.05) is 7.11 Å². The molecule has 0 saturated carbocycles. The zero-order valence-electron chi connectivity index (χ0n) is 9.39. The first-order chi connectivity index (χ1) is 6.41. The van der Waals surface area contributed by atoms with E-state index in [1.165, 1.54) is 0 Å². The van der Waals surface area contributed by atoms with Crippen molar-refractivity contribution in [1.82, 2.24) is 9.78 Å². The third-order valence-corrected chi connectivity index (χ3v) is 3.11. The molecule has 0 aromatic carbocycles. The lowest BCUT2D eigenvalue weighted by Gasteiger charge is -2.16. The van der Waals surface area contributed by atoms with Crippen LogP contribution >= 0.6 is 22.6 Å². The second-order valence-corrected chi connectivity index (χ2v) is 5.26. The summed E-state index contributed by atoms with van der Waals surface area (Å²) in [5.74, 6) is 0.917. The minimum absolute atomic E-state index is 0.0334. The molecule has 0 aliphatic rings. The van der Waals surface area contributed by atoms with Crippen molar-refractivity contribution in [3.05, 3.63) is 9.39 Å². The molecule has 0 unspecified atom stereocenters. The van der Waals surface area contributed by atoms with Gasteiger partial charge < -0.3 is 4.74 Å². The molecule has 3 nitrogen and oxygen atoms in total. The molecule has 1 aromatic rings. The molecule has 0 N–H and O–H groups in total. The summed E-state index contributed by atoms with van der Waals surface area (Å²) in [6.07, 6.45) is 0. The molecule has 0 saturated heterocycles. The highest BCUT2D eigenvalue weighted by molar-refractivity contribution is 14.1. The van der Waals surface area contributed by atoms with Gasteiger partial charge in [0.25, 0.3) is 0 Å². The molecule has 0 aliphatic carbocycles. The van der Waals surface area contributed by atoms with Crippen LogP contribution in [0.15, 0.2) is 0 Å². The van der Waals surface area contributed by atoms with E-state index in [9.17, 15) is 0 Å². The van der Waals surface area contributed by atoms with Crippen molar-refractivity contribution in [3.8, 4) is 5.75 Å². The Balaban J connectivity index is 3.30. The predicted octanol–water partition coefficient (Wildman–Crippen LogP) is 2.81. The maximum Gasteiger partial charge on any atom is 0.174 e. The SMILES string of the molecule is CCn1nc(C(C)(C)C)c(OC)c1I. The van der Waals surface area contributed by atoms with Gasteiger partial charge in [0.05, 0.1) is 7.11 Å². The Labute approximate surface area is 99.0 Å². The maximum atomic E-state index is 5.39. The number of halogens is 1. The van der Waals surface area contributed by atoms with E-state index in [-0.39, 0.29) is 5.41 Å². The first-order valence-electron chi connectivity index (χ1n) is 4.72. The van der Waals surface area contributed by atoms with Gasteiger partial charge in [0.1, 0.15) is 9.39 Å². The average Bonchev–Trinajstić information content (AvgIpc) is 2.41. The topological polar surface area (TPSA) is 27.1 Å². The summed E-state index contributed by atoms with van der Waals surface area (Å²) in [6, 6.07) is 0. The first-order valence-corrected chi connectivity index (χ1v) is 5.80. The van der Waals surface area contributed by atoms with Gasteiger partial charge in [-0.15, -0.1) is 0 Å². The van der Waals surface area contributed by atoms with E-state index >= 15 is 0 Å². The van der Waals surface area contributed by atoms with Gasteiger partial charge >= 0.3 is 0 Å². The zero-order valence-corrected chi connectivity index (χ0v) is 11.5. The Morgan fingerprint density at radius 3 is 2.29 bits per heavy atom. The van der Waals surface area contributed by atoms with Crippen molar-refractivity contribution in [2.24, 2.45) is 0 Å². The second kappa shape index (κ2) is 4.08. The molecule has 0 bridgehead atoms. The molecule has 0 fully saturated rings. The summed E-state index contributed by atoms with van der Waals surface area (Å²) in [4.78, 5) is 0. The van der Waals surface area contributed by atoms with Crippen molar-refractivity contribution < 1.29 is 4.74 Å². The predicted molar refractivity (Wildman–Crippen MR) is 65.9 cm³/mol. The molecule has 14 heavy (non-hydrogen) atoms. The van der Waals surface area contributed by atoms with Crippen LogP contribution in [0.3, 0.4) is 0 Å². The van der Waals surface area contributed by atoms with Gasteiger partial charge in [-0.25, -0.2) is 0 Å². The van der Waals surface area contributed by atoms with Crippen molar-refractivity contribution in [3.63, 3.8) is 0 Å². The van der Waals surface area contributed by atoms with Crippen molar-refractivity contribution in [2.45, 2.75) is 39.7 Å². The van der Waals surface area contributed by atoms with Crippen LogP contribution in [0.25, 0.3) is 0 Å². The van der Waals surface area contributed by atoms with Crippen LogP contribution in [-0.4, -0.2) is 16.9 Å². The third kappa shape index (κ3) is 2.04. The number of nitrogens with zero attached hydrogens (tertiary/aromatic N) is 2. The Bertz CT molecular complexity index is 326. The molecular weight excluding hydrogens is 291 g/mol. The molecule has 0 atom stereocenters. The molecule has 0 amide bonds. The Morgan fingerprint density at radius 2 is 2.00 bits per heavy atom. The zero-order chi connectivity index (χ0) is 10.9. The highest BCUT2D eigenvalue weighted by atomic mass is 127. The van der Waals surface area contributed by atoms with Crippen LogP contribution in [0.1, 0.15) is 33.4 Å². The summed E-state index contributed by atoms with van der Waals surface area (Å²) < 4.78 is 8.45. The largest absolute Gasteiger partial charge is 0.492 e. The second-order valence-electron chi connectivity index (χ2n) is 4.24. The van der Waals surface area contributed by atoms with Gasteiger partial charge in [0.2, 0.25) is 0 Å². The third-order valence-electron chi connectivity index (χ3n) is 2.06. The van der Waals surface area contributed by atoms with Gasteiger partial charge in [0.15, 0.2) is 5.75 Å². The summed E-state index contributed by atoms with van der Waals surface area (Å²) in [5.41, 5.74) is 1.07. The molecule has 1 heterocycles. The average molecular weight is 308 g/mol. The normalized spacial score (nSPS) is 11.9. The smallest absolute Gasteiger partial charge is 0.174 e. The summed E-state index contributed by atoms with van der Waals surface area (Å²) in [7, 11) is 1.70. The van der Waals surface area contributed by atoms with Gasteiger partial charge in [-0.3, -0.25) is 4.68 Å². The van der Waals surface area contributed by atoms with Gasteiger partial charge in [-0.05, 0) is 29.5 Å². The van der Waals surface area contributed by atoms with E-state index in [0.717, 1.165) is 21.7 Å².